The third-order valence-electron chi connectivity index (χ3n) is 8.76. The molecule has 4 bridgehead atoms. The molecule has 0 aromatic carbocycles. The van der Waals surface area contributed by atoms with E-state index in [9.17, 15) is 4.79 Å². The van der Waals surface area contributed by atoms with Crippen LogP contribution in [0.15, 0.2) is 43.2 Å². The van der Waals surface area contributed by atoms with Gasteiger partial charge in [0.2, 0.25) is 0 Å². The topological polar surface area (TPSA) is 51.0 Å². The van der Waals surface area contributed by atoms with Crippen LogP contribution in [0, 0.1) is 29.1 Å². The first-order valence-electron chi connectivity index (χ1n) is 12.7. The Morgan fingerprint density at radius 1 is 1.03 bits per heavy atom. The number of carbonyl (C=O) groups is 1. The summed E-state index contributed by atoms with van der Waals surface area (Å²) in [4.78, 5) is 22.7. The van der Waals surface area contributed by atoms with Crippen molar-refractivity contribution in [2.45, 2.75) is 70.6 Å². The third-order valence-corrected chi connectivity index (χ3v) is 8.76. The van der Waals surface area contributed by atoms with Crippen LogP contribution < -0.4 is 0 Å². The highest BCUT2D eigenvalue weighted by Crippen LogP contribution is 2.61. The first-order chi connectivity index (χ1) is 15.6. The van der Waals surface area contributed by atoms with Gasteiger partial charge in [-0.1, -0.05) is 0 Å². The number of hydrogen-bond donors (Lipinski definition) is 0. The van der Waals surface area contributed by atoms with Gasteiger partial charge in [0.25, 0.3) is 0 Å². The van der Waals surface area contributed by atoms with Crippen molar-refractivity contribution >= 4 is 6.03 Å². The van der Waals surface area contributed by atoms with E-state index in [4.69, 9.17) is 0 Å². The highest BCUT2D eigenvalue weighted by atomic mass is 16.2. The molecule has 172 valence electrons. The number of amides is 1. The van der Waals surface area contributed by atoms with Crippen LogP contribution in [0.25, 0.3) is 0 Å². The van der Waals surface area contributed by atoms with Gasteiger partial charge in [0.1, 0.15) is 6.33 Å². The Balaban J connectivity index is 1.20. The van der Waals surface area contributed by atoms with Crippen LogP contribution in [0.3, 0.4) is 0 Å². The fourth-order valence-corrected chi connectivity index (χ4v) is 7.50. The molecule has 6 rings (SSSR count). The van der Waals surface area contributed by atoms with Gasteiger partial charge in [0.15, 0.2) is 0 Å². The second-order valence-corrected chi connectivity index (χ2v) is 11.2. The van der Waals surface area contributed by atoms with Crippen LogP contribution >= 0.6 is 0 Å². The number of nitrogens with zero attached hydrogens (tertiary/aromatic N) is 4. The number of aromatic nitrogens is 3. The van der Waals surface area contributed by atoms with Gasteiger partial charge >= 0.3 is 6.03 Å². The largest absolute Gasteiger partial charge is 0.329 e. The summed E-state index contributed by atoms with van der Waals surface area (Å²) in [6.45, 7) is 0.804. The molecule has 5 heteroatoms. The number of hydrogen-bond acceptors (Lipinski definition) is 3. The van der Waals surface area contributed by atoms with E-state index in [0.29, 0.717) is 11.3 Å². The SMILES string of the molecule is CN(CCC(CCc1ccncc1)CCC12CC3CC(CC(C3)C1)C2)C(=O)n1ccnc1. The van der Waals surface area contributed by atoms with E-state index < -0.39 is 0 Å². The zero-order valence-corrected chi connectivity index (χ0v) is 19.5. The van der Waals surface area contributed by atoms with Crippen molar-refractivity contribution in [1.29, 1.82) is 0 Å². The van der Waals surface area contributed by atoms with Gasteiger partial charge in [-0.15, -0.1) is 0 Å². The molecule has 2 heterocycles. The summed E-state index contributed by atoms with van der Waals surface area (Å²) in [7, 11) is 1.92. The number of imidazole rings is 1. The minimum Gasteiger partial charge on any atom is -0.327 e. The molecule has 0 N–H and O–H groups in total. The van der Waals surface area contributed by atoms with Crippen molar-refractivity contribution in [3.05, 3.63) is 48.8 Å². The highest BCUT2D eigenvalue weighted by molar-refractivity contribution is 5.76. The van der Waals surface area contributed by atoms with Gasteiger partial charge in [-0.2, -0.15) is 0 Å². The predicted octanol–water partition coefficient (Wildman–Crippen LogP) is 5.81. The molecular formula is C27H38N4O. The summed E-state index contributed by atoms with van der Waals surface area (Å²) in [6.07, 6.45) is 23.9. The smallest absolute Gasteiger partial charge is 0.327 e. The molecule has 4 fully saturated rings. The predicted molar refractivity (Wildman–Crippen MR) is 126 cm³/mol. The maximum atomic E-state index is 12.6. The lowest BCUT2D eigenvalue weighted by Crippen LogP contribution is -2.46. The van der Waals surface area contributed by atoms with E-state index in [1.54, 1.807) is 23.3 Å². The molecule has 4 aliphatic carbocycles. The lowest BCUT2D eigenvalue weighted by molar-refractivity contribution is -0.0603. The molecule has 32 heavy (non-hydrogen) atoms. The van der Waals surface area contributed by atoms with Crippen LogP contribution in [-0.4, -0.2) is 39.1 Å². The van der Waals surface area contributed by atoms with Crippen molar-refractivity contribution in [1.82, 2.24) is 19.4 Å². The summed E-state index contributed by atoms with van der Waals surface area (Å²) in [5, 5.41) is 0. The second kappa shape index (κ2) is 9.36. The summed E-state index contributed by atoms with van der Waals surface area (Å²) in [6, 6.07) is 4.30. The lowest BCUT2D eigenvalue weighted by atomic mass is 9.48. The second-order valence-electron chi connectivity index (χ2n) is 11.2. The van der Waals surface area contributed by atoms with Crippen molar-refractivity contribution < 1.29 is 4.79 Å². The fourth-order valence-electron chi connectivity index (χ4n) is 7.50. The molecule has 0 saturated heterocycles. The summed E-state index contributed by atoms with van der Waals surface area (Å²) in [5.74, 6) is 3.73. The molecule has 5 nitrogen and oxygen atoms in total. The molecule has 4 saturated carbocycles. The molecule has 2 aromatic rings. The first kappa shape index (κ1) is 21.7. The zero-order valence-electron chi connectivity index (χ0n) is 19.5. The summed E-state index contributed by atoms with van der Waals surface area (Å²) in [5.41, 5.74) is 2.02. The molecule has 1 atom stereocenters. The molecule has 0 radical (unpaired) electrons. The van der Waals surface area contributed by atoms with Crippen LogP contribution in [0.4, 0.5) is 4.79 Å². The molecule has 0 aliphatic heterocycles. The minimum atomic E-state index is 0.0106. The van der Waals surface area contributed by atoms with Crippen molar-refractivity contribution in [3.63, 3.8) is 0 Å². The van der Waals surface area contributed by atoms with Crippen LogP contribution in [0.2, 0.25) is 0 Å². The Morgan fingerprint density at radius 2 is 1.72 bits per heavy atom. The molecule has 2 aromatic heterocycles. The van der Waals surface area contributed by atoms with Gasteiger partial charge in [0.05, 0.1) is 0 Å². The van der Waals surface area contributed by atoms with Gasteiger partial charge < -0.3 is 4.90 Å². The highest BCUT2D eigenvalue weighted by Gasteiger charge is 2.50. The number of pyridine rings is 1. The van der Waals surface area contributed by atoms with Crippen molar-refractivity contribution in [2.75, 3.05) is 13.6 Å². The van der Waals surface area contributed by atoms with E-state index in [2.05, 4.69) is 22.1 Å². The third kappa shape index (κ3) is 4.92. The normalized spacial score (nSPS) is 29.2. The quantitative estimate of drug-likeness (QED) is 0.500. The van der Waals surface area contributed by atoms with Crippen LogP contribution in [0.5, 0.6) is 0 Å². The zero-order chi connectivity index (χ0) is 22.0. The first-order valence-corrected chi connectivity index (χ1v) is 12.7. The van der Waals surface area contributed by atoms with Crippen LogP contribution in [-0.2, 0) is 6.42 Å². The number of aryl methyl sites for hydroxylation is 1. The number of rotatable bonds is 9. The fraction of sp³-hybridized carbons (Fsp3) is 0.667. The molecule has 1 amide bonds. The summed E-state index contributed by atoms with van der Waals surface area (Å²) < 4.78 is 1.57. The molecule has 4 aliphatic rings. The van der Waals surface area contributed by atoms with Gasteiger partial charge in [-0.3, -0.25) is 9.55 Å². The van der Waals surface area contributed by atoms with Gasteiger partial charge in [-0.05, 0) is 117 Å². The average Bonchev–Trinajstić information content (AvgIpc) is 3.32. The van der Waals surface area contributed by atoms with Gasteiger partial charge in [-0.25, -0.2) is 9.78 Å². The minimum absolute atomic E-state index is 0.0106. The monoisotopic (exact) mass is 434 g/mol. The standard InChI is InChI=1S/C27H38N4O/c1-30(26(32)31-13-11-29-20-31)12-7-21(2-3-22-5-9-28-10-6-22)4-8-27-17-23-14-24(18-27)16-25(15-23)19-27/h5-6,9-11,13,20-21,23-25H,2-4,7-8,12,14-19H2,1H3. The van der Waals surface area contributed by atoms with E-state index in [0.717, 1.165) is 37.1 Å². The Kier molecular flexibility index (Phi) is 6.34. The molecule has 0 spiro atoms. The molecule has 1 unspecified atom stereocenters. The van der Waals surface area contributed by atoms with E-state index >= 15 is 0 Å². The Bertz CT molecular complexity index is 843. The lowest BCUT2D eigenvalue weighted by Gasteiger charge is -2.57. The van der Waals surface area contributed by atoms with E-state index in [1.807, 2.05) is 24.3 Å². The van der Waals surface area contributed by atoms with Crippen molar-refractivity contribution in [2.24, 2.45) is 29.1 Å². The molecular weight excluding hydrogens is 396 g/mol. The van der Waals surface area contributed by atoms with Gasteiger partial charge in [0, 0.05) is 38.4 Å². The average molecular weight is 435 g/mol. The summed E-state index contributed by atoms with van der Waals surface area (Å²) >= 11 is 0. The van der Waals surface area contributed by atoms with Crippen molar-refractivity contribution in [3.8, 4) is 0 Å². The van der Waals surface area contributed by atoms with E-state index in [1.165, 1.54) is 63.4 Å². The number of carbonyl (C=O) groups excluding carboxylic acids is 1. The van der Waals surface area contributed by atoms with E-state index in [-0.39, 0.29) is 6.03 Å². The van der Waals surface area contributed by atoms with Crippen LogP contribution in [0.1, 0.15) is 69.8 Å². The Hall–Kier alpha value is -2.17. The maximum Gasteiger partial charge on any atom is 0.329 e. The Morgan fingerprint density at radius 3 is 2.34 bits per heavy atom. The maximum absolute atomic E-state index is 12.6. The Labute approximate surface area is 192 Å².